The van der Waals surface area contributed by atoms with Crippen molar-refractivity contribution in [1.82, 2.24) is 4.90 Å². The lowest BCUT2D eigenvalue weighted by molar-refractivity contribution is 0.0208. The van der Waals surface area contributed by atoms with E-state index in [0.717, 1.165) is 26.3 Å². The highest BCUT2D eigenvalue weighted by molar-refractivity contribution is 5.49. The van der Waals surface area contributed by atoms with E-state index in [1.54, 1.807) is 0 Å². The summed E-state index contributed by atoms with van der Waals surface area (Å²) in [7, 11) is 0. The smallest absolute Gasteiger partial charge is 0.0984 e. The molecule has 110 valence electrons. The first kappa shape index (κ1) is 12.4. The fourth-order valence-electron chi connectivity index (χ4n) is 4.53. The van der Waals surface area contributed by atoms with Crippen LogP contribution < -0.4 is 0 Å². The van der Waals surface area contributed by atoms with E-state index in [4.69, 9.17) is 4.74 Å². The minimum Gasteiger partial charge on any atom is -0.390 e. The van der Waals surface area contributed by atoms with Gasteiger partial charge in [-0.1, -0.05) is 18.2 Å². The molecule has 2 N–H and O–H groups in total. The molecule has 0 radical (unpaired) electrons. The third kappa shape index (κ3) is 1.64. The molecule has 4 aliphatic rings. The lowest BCUT2D eigenvalue weighted by Crippen LogP contribution is -2.39. The van der Waals surface area contributed by atoms with Crippen LogP contribution in [0, 0.1) is 0 Å². The topological polar surface area (TPSA) is 52.9 Å². The number of rotatable bonds is 0. The summed E-state index contributed by atoms with van der Waals surface area (Å²) in [6.45, 7) is 3.42. The highest BCUT2D eigenvalue weighted by Crippen LogP contribution is 2.47. The van der Waals surface area contributed by atoms with Crippen molar-refractivity contribution in [2.24, 2.45) is 0 Å². The molecular formula is C17H19NO3. The first-order valence-corrected chi connectivity index (χ1v) is 7.75. The molecule has 3 heterocycles. The first-order chi connectivity index (χ1) is 10.2. The van der Waals surface area contributed by atoms with Crippen molar-refractivity contribution in [1.29, 1.82) is 0 Å². The molecule has 5 rings (SSSR count). The van der Waals surface area contributed by atoms with Gasteiger partial charge >= 0.3 is 0 Å². The standard InChI is InChI=1S/C17H19NO3/c19-16-3-13-14-6-18(15(13)4-17(16)20)5-9-1-10-7-21-8-11(10)2-12(9)14/h1-3,14-17,19-20H,4-8H2. The van der Waals surface area contributed by atoms with Gasteiger partial charge in [-0.05, 0) is 34.2 Å². The van der Waals surface area contributed by atoms with E-state index in [-0.39, 0.29) is 0 Å². The Labute approximate surface area is 123 Å². The fourth-order valence-corrected chi connectivity index (χ4v) is 4.53. The average Bonchev–Trinajstić information content (AvgIpc) is 3.03. The van der Waals surface area contributed by atoms with Crippen molar-refractivity contribution >= 4 is 0 Å². The van der Waals surface area contributed by atoms with Gasteiger partial charge in [-0.3, -0.25) is 4.90 Å². The summed E-state index contributed by atoms with van der Waals surface area (Å²) >= 11 is 0. The molecule has 4 nitrogen and oxygen atoms in total. The number of benzene rings is 1. The van der Waals surface area contributed by atoms with Gasteiger partial charge in [0.05, 0.1) is 25.4 Å². The molecule has 1 aromatic carbocycles. The Morgan fingerprint density at radius 1 is 1.10 bits per heavy atom. The highest BCUT2D eigenvalue weighted by Gasteiger charge is 2.45. The van der Waals surface area contributed by atoms with Crippen LogP contribution in [0.15, 0.2) is 23.8 Å². The molecular weight excluding hydrogens is 266 g/mol. The Bertz CT molecular complexity index is 654. The molecule has 3 aliphatic heterocycles. The number of fused-ring (bicyclic) bond motifs is 8. The summed E-state index contributed by atoms with van der Waals surface area (Å²) in [5.74, 6) is 0.381. The molecule has 5 atom stereocenters. The second kappa shape index (κ2) is 4.17. The Balaban J connectivity index is 1.63. The molecule has 0 spiro atoms. The zero-order valence-electron chi connectivity index (χ0n) is 11.8. The van der Waals surface area contributed by atoms with E-state index in [2.05, 4.69) is 17.0 Å². The van der Waals surface area contributed by atoms with Crippen LogP contribution in [0.1, 0.15) is 34.6 Å². The quantitative estimate of drug-likeness (QED) is 0.700. The number of aliphatic hydroxyl groups excluding tert-OH is 2. The van der Waals surface area contributed by atoms with Crippen molar-refractivity contribution in [2.45, 2.75) is 50.3 Å². The number of hydrogen-bond acceptors (Lipinski definition) is 4. The van der Waals surface area contributed by atoms with Crippen LogP contribution in [0.3, 0.4) is 0 Å². The average molecular weight is 285 g/mol. The van der Waals surface area contributed by atoms with Crippen molar-refractivity contribution < 1.29 is 14.9 Å². The summed E-state index contributed by atoms with van der Waals surface area (Å²) in [5, 5.41) is 19.9. The maximum absolute atomic E-state index is 9.98. The van der Waals surface area contributed by atoms with Crippen molar-refractivity contribution in [3.63, 3.8) is 0 Å². The Morgan fingerprint density at radius 2 is 1.90 bits per heavy atom. The van der Waals surface area contributed by atoms with Gasteiger partial charge in [-0.2, -0.15) is 0 Å². The summed E-state index contributed by atoms with van der Waals surface area (Å²) in [5.41, 5.74) is 6.77. The molecule has 0 amide bonds. The number of nitrogens with zero attached hydrogens (tertiary/aromatic N) is 1. The van der Waals surface area contributed by atoms with Crippen molar-refractivity contribution in [2.75, 3.05) is 6.54 Å². The van der Waals surface area contributed by atoms with Crippen molar-refractivity contribution in [3.05, 3.63) is 46.0 Å². The van der Waals surface area contributed by atoms with E-state index < -0.39 is 12.2 Å². The molecule has 2 bridgehead atoms. The predicted octanol–water partition coefficient (Wildman–Crippen LogP) is 1.05. The van der Waals surface area contributed by atoms with Crippen LogP contribution in [0.4, 0.5) is 0 Å². The van der Waals surface area contributed by atoms with Crippen LogP contribution in [0.25, 0.3) is 0 Å². The van der Waals surface area contributed by atoms with Crippen LogP contribution >= 0.6 is 0 Å². The molecule has 4 heteroatoms. The van der Waals surface area contributed by atoms with Gasteiger partial charge in [-0.25, -0.2) is 0 Å². The first-order valence-electron chi connectivity index (χ1n) is 7.75. The van der Waals surface area contributed by atoms with Gasteiger partial charge in [0, 0.05) is 25.0 Å². The molecule has 0 aromatic heterocycles. The summed E-state index contributed by atoms with van der Waals surface area (Å²) in [6, 6.07) is 4.92. The molecule has 1 aliphatic carbocycles. The molecule has 5 unspecified atom stereocenters. The van der Waals surface area contributed by atoms with Gasteiger partial charge in [-0.15, -0.1) is 0 Å². The minimum absolute atomic E-state index is 0.298. The van der Waals surface area contributed by atoms with Crippen LogP contribution in [-0.2, 0) is 24.5 Å². The normalized spacial score (nSPS) is 39.5. The molecule has 1 saturated heterocycles. The third-order valence-electron chi connectivity index (χ3n) is 5.59. The monoisotopic (exact) mass is 285 g/mol. The largest absolute Gasteiger partial charge is 0.390 e. The van der Waals surface area contributed by atoms with Crippen LogP contribution in [0.5, 0.6) is 0 Å². The second-order valence-electron chi connectivity index (χ2n) is 6.77. The van der Waals surface area contributed by atoms with Gasteiger partial charge in [0.1, 0.15) is 0 Å². The minimum atomic E-state index is -0.710. The molecule has 1 fully saturated rings. The van der Waals surface area contributed by atoms with E-state index in [1.165, 1.54) is 27.8 Å². The van der Waals surface area contributed by atoms with E-state index in [1.807, 2.05) is 6.08 Å². The van der Waals surface area contributed by atoms with E-state index in [9.17, 15) is 10.2 Å². The fraction of sp³-hybridized carbons (Fsp3) is 0.529. The van der Waals surface area contributed by atoms with Gasteiger partial charge < -0.3 is 14.9 Å². The second-order valence-corrected chi connectivity index (χ2v) is 6.77. The molecule has 21 heavy (non-hydrogen) atoms. The van der Waals surface area contributed by atoms with Gasteiger partial charge in [0.25, 0.3) is 0 Å². The maximum Gasteiger partial charge on any atom is 0.0984 e. The Morgan fingerprint density at radius 3 is 2.76 bits per heavy atom. The van der Waals surface area contributed by atoms with Crippen LogP contribution in [0.2, 0.25) is 0 Å². The van der Waals surface area contributed by atoms with Gasteiger partial charge in [0.2, 0.25) is 0 Å². The lowest BCUT2D eigenvalue weighted by Gasteiger charge is -2.31. The molecule has 0 saturated carbocycles. The lowest BCUT2D eigenvalue weighted by atomic mass is 9.81. The number of hydrogen-bond donors (Lipinski definition) is 2. The van der Waals surface area contributed by atoms with E-state index in [0.29, 0.717) is 18.4 Å². The Hall–Kier alpha value is -1.20. The summed E-state index contributed by atoms with van der Waals surface area (Å²) in [6.07, 6.45) is 1.22. The SMILES string of the molecule is OC1C=C2C3CN(Cc4cc5c(cc43)COC5)C2CC1O. The number of ether oxygens (including phenoxy) is 1. The molecule has 1 aromatic rings. The number of aliphatic hydroxyl groups is 2. The predicted molar refractivity (Wildman–Crippen MR) is 76.6 cm³/mol. The highest BCUT2D eigenvalue weighted by atomic mass is 16.5. The third-order valence-corrected chi connectivity index (χ3v) is 5.59. The van der Waals surface area contributed by atoms with E-state index >= 15 is 0 Å². The van der Waals surface area contributed by atoms with Gasteiger partial charge in [0.15, 0.2) is 0 Å². The summed E-state index contributed by atoms with van der Waals surface area (Å²) in [4.78, 5) is 2.45. The maximum atomic E-state index is 9.98. The summed E-state index contributed by atoms with van der Waals surface area (Å²) < 4.78 is 5.55. The Kier molecular flexibility index (Phi) is 2.45. The van der Waals surface area contributed by atoms with Crippen LogP contribution in [-0.4, -0.2) is 39.9 Å². The van der Waals surface area contributed by atoms with Crippen molar-refractivity contribution in [3.8, 4) is 0 Å². The zero-order chi connectivity index (χ0) is 14.1. The zero-order valence-corrected chi connectivity index (χ0v) is 11.8.